The van der Waals surface area contributed by atoms with E-state index in [0.29, 0.717) is 42.9 Å². The van der Waals surface area contributed by atoms with Gasteiger partial charge in [-0.1, -0.05) is 17.7 Å². The fourth-order valence-electron chi connectivity index (χ4n) is 4.15. The molecule has 4 aromatic rings. The van der Waals surface area contributed by atoms with Crippen LogP contribution < -0.4 is 4.90 Å². The Morgan fingerprint density at radius 1 is 1.06 bits per heavy atom. The zero-order valence-electron chi connectivity index (χ0n) is 17.3. The molecule has 1 aliphatic carbocycles. The molecule has 1 amide bonds. The molecule has 0 radical (unpaired) electrons. The highest BCUT2D eigenvalue weighted by Crippen LogP contribution is 2.40. The third-order valence-electron chi connectivity index (χ3n) is 6.02. The molecule has 3 aromatic heterocycles. The summed E-state index contributed by atoms with van der Waals surface area (Å²) in [6, 6.07) is 11.0. The lowest BCUT2D eigenvalue weighted by Gasteiger charge is -2.35. The lowest BCUT2D eigenvalue weighted by Crippen LogP contribution is -2.49. The van der Waals surface area contributed by atoms with Crippen molar-refractivity contribution in [3.63, 3.8) is 0 Å². The Morgan fingerprint density at radius 3 is 2.62 bits per heavy atom. The molecule has 0 atom stereocenters. The van der Waals surface area contributed by atoms with Crippen molar-refractivity contribution in [2.75, 3.05) is 31.1 Å². The van der Waals surface area contributed by atoms with Crippen molar-refractivity contribution in [2.24, 2.45) is 0 Å². The summed E-state index contributed by atoms with van der Waals surface area (Å²) in [6.45, 7) is 2.58. The summed E-state index contributed by atoms with van der Waals surface area (Å²) < 4.78 is 7.10. The second-order valence-corrected chi connectivity index (χ2v) is 8.65. The van der Waals surface area contributed by atoms with E-state index in [9.17, 15) is 4.79 Å². The molecule has 162 valence electrons. The minimum absolute atomic E-state index is 0.0741. The maximum Gasteiger partial charge on any atom is 0.289 e. The van der Waals surface area contributed by atoms with Gasteiger partial charge in [-0.2, -0.15) is 5.10 Å². The lowest BCUT2D eigenvalue weighted by molar-refractivity contribution is 0.0714. The van der Waals surface area contributed by atoms with Gasteiger partial charge in [0.1, 0.15) is 11.6 Å². The number of anilines is 1. The van der Waals surface area contributed by atoms with Gasteiger partial charge in [0.05, 0.1) is 23.5 Å². The maximum atomic E-state index is 12.6. The molecule has 2 fully saturated rings. The van der Waals surface area contributed by atoms with E-state index >= 15 is 0 Å². The molecule has 32 heavy (non-hydrogen) atoms. The van der Waals surface area contributed by atoms with E-state index in [-0.39, 0.29) is 5.91 Å². The Balaban J connectivity index is 1.33. The fraction of sp³-hybridized carbons (Fsp3) is 0.304. The summed E-state index contributed by atoms with van der Waals surface area (Å²) in [5.74, 6) is 2.46. The van der Waals surface area contributed by atoms with E-state index in [2.05, 4.69) is 10.00 Å². The number of rotatable bonds is 4. The van der Waals surface area contributed by atoms with Crippen LogP contribution in [0.15, 0.2) is 53.3 Å². The van der Waals surface area contributed by atoms with Gasteiger partial charge in [-0.05, 0) is 43.2 Å². The summed E-state index contributed by atoms with van der Waals surface area (Å²) in [5, 5.41) is 6.17. The molecule has 0 spiro atoms. The highest BCUT2D eigenvalue weighted by atomic mass is 35.5. The number of piperazine rings is 1. The summed E-state index contributed by atoms with van der Waals surface area (Å²) in [4.78, 5) is 26.5. The molecule has 2 aliphatic rings. The van der Waals surface area contributed by atoms with Crippen LogP contribution in [0.3, 0.4) is 0 Å². The van der Waals surface area contributed by atoms with E-state index < -0.39 is 0 Å². The number of fused-ring (bicyclic) bond motifs is 1. The van der Waals surface area contributed by atoms with Gasteiger partial charge in [0.15, 0.2) is 11.4 Å². The molecule has 0 unspecified atom stereocenters. The highest BCUT2D eigenvalue weighted by molar-refractivity contribution is 6.30. The van der Waals surface area contributed by atoms with Gasteiger partial charge >= 0.3 is 0 Å². The number of hydrogen-bond acceptors (Lipinski definition) is 6. The van der Waals surface area contributed by atoms with Crippen LogP contribution >= 0.6 is 11.6 Å². The predicted octanol–water partition coefficient (Wildman–Crippen LogP) is 3.90. The molecule has 0 N–H and O–H groups in total. The van der Waals surface area contributed by atoms with Gasteiger partial charge < -0.3 is 14.2 Å². The van der Waals surface area contributed by atoms with E-state index in [1.165, 1.54) is 6.26 Å². The van der Waals surface area contributed by atoms with Crippen LogP contribution in [-0.4, -0.2) is 56.7 Å². The molecule has 8 nitrogen and oxygen atoms in total. The number of amides is 1. The first-order chi connectivity index (χ1) is 15.7. The van der Waals surface area contributed by atoms with Crippen LogP contribution in [0.25, 0.3) is 16.7 Å². The average molecular weight is 449 g/mol. The number of furan rings is 1. The zero-order chi connectivity index (χ0) is 21.7. The first-order valence-corrected chi connectivity index (χ1v) is 11.1. The third-order valence-corrected chi connectivity index (χ3v) is 6.25. The van der Waals surface area contributed by atoms with E-state index in [1.54, 1.807) is 12.1 Å². The Morgan fingerprint density at radius 2 is 1.91 bits per heavy atom. The topological polar surface area (TPSA) is 80.3 Å². The number of nitrogens with zero attached hydrogens (tertiary/aromatic N) is 6. The van der Waals surface area contributed by atoms with Crippen molar-refractivity contribution in [1.29, 1.82) is 0 Å². The Labute approximate surface area is 189 Å². The van der Waals surface area contributed by atoms with E-state index in [0.717, 1.165) is 41.2 Å². The van der Waals surface area contributed by atoms with Crippen molar-refractivity contribution >= 4 is 34.4 Å². The van der Waals surface area contributed by atoms with E-state index in [1.807, 2.05) is 40.0 Å². The summed E-state index contributed by atoms with van der Waals surface area (Å²) in [7, 11) is 0. The number of halogens is 1. The zero-order valence-corrected chi connectivity index (χ0v) is 18.1. The second-order valence-electron chi connectivity index (χ2n) is 8.21. The molecular formula is C23H21ClN6O2. The molecule has 1 aliphatic heterocycles. The Kier molecular flexibility index (Phi) is 4.61. The number of aromatic nitrogens is 4. The van der Waals surface area contributed by atoms with Crippen LogP contribution in [0.5, 0.6) is 0 Å². The molecular weight excluding hydrogens is 428 g/mol. The molecule has 1 saturated heterocycles. The number of carbonyl (C=O) groups excluding carboxylic acids is 1. The van der Waals surface area contributed by atoms with Crippen LogP contribution in [0.2, 0.25) is 5.02 Å². The van der Waals surface area contributed by atoms with Crippen LogP contribution in [0.1, 0.15) is 35.1 Å². The van der Waals surface area contributed by atoms with Crippen LogP contribution in [0, 0.1) is 0 Å². The van der Waals surface area contributed by atoms with Gasteiger partial charge in [-0.3, -0.25) is 4.79 Å². The summed E-state index contributed by atoms with van der Waals surface area (Å²) >= 11 is 6.21. The third kappa shape index (κ3) is 3.40. The number of benzene rings is 1. The minimum atomic E-state index is -0.0741. The first kappa shape index (κ1) is 19.3. The normalized spacial score (nSPS) is 16.7. The van der Waals surface area contributed by atoms with Crippen molar-refractivity contribution in [3.05, 3.63) is 65.5 Å². The molecule has 6 rings (SSSR count). The molecule has 1 aromatic carbocycles. The van der Waals surface area contributed by atoms with Gasteiger partial charge in [-0.15, -0.1) is 0 Å². The predicted molar refractivity (Wildman–Crippen MR) is 120 cm³/mol. The van der Waals surface area contributed by atoms with Gasteiger partial charge in [-0.25, -0.2) is 14.6 Å². The average Bonchev–Trinajstić information content (AvgIpc) is 3.35. The van der Waals surface area contributed by atoms with Crippen molar-refractivity contribution in [1.82, 2.24) is 24.6 Å². The van der Waals surface area contributed by atoms with Crippen molar-refractivity contribution < 1.29 is 9.21 Å². The monoisotopic (exact) mass is 448 g/mol. The quantitative estimate of drug-likeness (QED) is 0.471. The number of hydrogen-bond donors (Lipinski definition) is 0. The maximum absolute atomic E-state index is 12.6. The van der Waals surface area contributed by atoms with Gasteiger partial charge in [0.25, 0.3) is 5.91 Å². The Hall–Kier alpha value is -3.39. The number of carbonyl (C=O) groups is 1. The fourth-order valence-corrected chi connectivity index (χ4v) is 4.33. The van der Waals surface area contributed by atoms with Crippen molar-refractivity contribution in [3.8, 4) is 5.69 Å². The standard InChI is InChI=1S/C23H21ClN6O2/c24-16-3-1-4-17(13-16)30-22-18(14-25-30)21(26-20(27-22)15-6-7-15)28-8-10-29(11-9-28)23(31)19-5-2-12-32-19/h1-5,12-15H,6-11H2. The van der Waals surface area contributed by atoms with Crippen LogP contribution in [-0.2, 0) is 0 Å². The van der Waals surface area contributed by atoms with E-state index in [4.69, 9.17) is 26.0 Å². The van der Waals surface area contributed by atoms with Gasteiger partial charge in [0.2, 0.25) is 0 Å². The van der Waals surface area contributed by atoms with Crippen molar-refractivity contribution in [2.45, 2.75) is 18.8 Å². The Bertz CT molecular complexity index is 1290. The SMILES string of the molecule is O=C(c1ccco1)N1CCN(c2nc(C3CC3)nc3c2cnn3-c2cccc(Cl)c2)CC1. The first-order valence-electron chi connectivity index (χ1n) is 10.8. The molecule has 4 heterocycles. The lowest BCUT2D eigenvalue weighted by atomic mass is 10.2. The smallest absolute Gasteiger partial charge is 0.289 e. The summed E-state index contributed by atoms with van der Waals surface area (Å²) in [5.41, 5.74) is 1.65. The van der Waals surface area contributed by atoms with Crippen LogP contribution in [0.4, 0.5) is 5.82 Å². The largest absolute Gasteiger partial charge is 0.459 e. The molecule has 1 saturated carbocycles. The molecule has 9 heteroatoms. The second kappa shape index (κ2) is 7.63. The highest BCUT2D eigenvalue weighted by Gasteiger charge is 2.31. The minimum Gasteiger partial charge on any atom is -0.459 e. The summed E-state index contributed by atoms with van der Waals surface area (Å²) in [6.07, 6.45) is 5.57. The molecule has 0 bridgehead atoms. The van der Waals surface area contributed by atoms with Gasteiger partial charge in [0, 0.05) is 37.1 Å².